The van der Waals surface area contributed by atoms with Crippen molar-refractivity contribution < 1.29 is 62.6 Å². The molecule has 0 aromatic rings. The largest absolute Gasteiger partial charge is 0.390 e. The molecular weight excluding hydrogens is 1140 g/mol. The molecule has 2 aliphatic heterocycles. The molecule has 2 rings (SSSR count). The van der Waals surface area contributed by atoms with E-state index < -0.39 is 168 Å². The molecule has 0 aromatic carbocycles. The van der Waals surface area contributed by atoms with Crippen molar-refractivity contribution >= 4 is 65.0 Å². The molecule has 11 amide bonds. The van der Waals surface area contributed by atoms with Crippen LogP contribution >= 0.6 is 0 Å². The van der Waals surface area contributed by atoms with Crippen LogP contribution in [0.1, 0.15) is 155 Å². The van der Waals surface area contributed by atoms with Gasteiger partial charge in [-0.05, 0) is 109 Å². The molecule has 2 aliphatic rings. The van der Waals surface area contributed by atoms with Crippen LogP contribution in [0.15, 0.2) is 12.2 Å². The molecule has 504 valence electrons. The highest BCUT2D eigenvalue weighted by molar-refractivity contribution is 6.00. The van der Waals surface area contributed by atoms with Gasteiger partial charge in [0.05, 0.1) is 24.8 Å². The molecule has 0 spiro atoms. The summed E-state index contributed by atoms with van der Waals surface area (Å²) in [5, 5.41) is 29.7. The topological polar surface area (TPSA) is 303 Å². The van der Waals surface area contributed by atoms with Gasteiger partial charge in [-0.25, -0.2) is 0 Å². The molecule has 14 atom stereocenters. The number of unbranched alkanes of at least 4 members (excludes halogenated alkanes) is 2. The summed E-state index contributed by atoms with van der Waals surface area (Å²) >= 11 is 0. The fourth-order valence-electron chi connectivity index (χ4n) is 11.8. The molecule has 0 saturated carbocycles. The molecule has 89 heavy (non-hydrogen) atoms. The number of nitrogens with one attached hydrogen (secondary N) is 3. The van der Waals surface area contributed by atoms with E-state index in [0.717, 1.165) is 14.7 Å². The third-order valence-electron chi connectivity index (χ3n) is 17.4. The Bertz CT molecular complexity index is 2540. The quantitative estimate of drug-likeness (QED) is 0.120. The van der Waals surface area contributed by atoms with Crippen molar-refractivity contribution in [3.05, 3.63) is 12.2 Å². The van der Waals surface area contributed by atoms with Crippen LogP contribution in [0.4, 0.5) is 0 Å². The summed E-state index contributed by atoms with van der Waals surface area (Å²) < 4.78 is 6.12. The van der Waals surface area contributed by atoms with E-state index in [2.05, 4.69) is 22.0 Å². The molecule has 2 fully saturated rings. The number of nitriles is 1. The predicted molar refractivity (Wildman–Crippen MR) is 337 cm³/mol. The number of carbonyl (C=O) groups is 11. The van der Waals surface area contributed by atoms with Crippen LogP contribution in [0.5, 0.6) is 0 Å². The van der Waals surface area contributed by atoms with Gasteiger partial charge in [-0.15, -0.1) is 0 Å². The number of amides is 11. The lowest BCUT2D eigenvalue weighted by Gasteiger charge is -2.45. The SMILES string of the molecule is C/C=C/C[C@@H](C)[C@@H](O)[C@@H]1C(=O)N[C@@H](CC)C(=O)N(C)CC(=O)N(C)[C@@H]([C@@H](C)OCCCCC#N)C(=O)N[C@@H](C(C)C)C(=O)N(C)[C@@H](CC(C)C)C(=O)N[C@@H](C)C(=O)N2C(C)C[C@@H](C(=O)N(C)[C@@H](C(C)C)C(=O)N1C)N(C)C(=O)[C@H](CC(C)C)N(C)C(=O)[C@H]2C. The van der Waals surface area contributed by atoms with Gasteiger partial charge in [0.2, 0.25) is 65.0 Å². The summed E-state index contributed by atoms with van der Waals surface area (Å²) in [5.41, 5.74) is 0. The Balaban J connectivity index is 3.16. The van der Waals surface area contributed by atoms with Gasteiger partial charge in [0.25, 0.3) is 0 Å². The maximum atomic E-state index is 15.5. The number of hydrogen-bond donors (Lipinski definition) is 4. The van der Waals surface area contributed by atoms with Crippen LogP contribution < -0.4 is 16.0 Å². The minimum atomic E-state index is -1.67. The fraction of sp³-hybridized carbons (Fsp3) is 0.781. The van der Waals surface area contributed by atoms with Crippen LogP contribution in [0, 0.1) is 40.9 Å². The van der Waals surface area contributed by atoms with Crippen molar-refractivity contribution in [1.29, 1.82) is 5.26 Å². The van der Waals surface area contributed by atoms with E-state index in [-0.39, 0.29) is 57.0 Å². The zero-order valence-corrected chi connectivity index (χ0v) is 57.5. The Kier molecular flexibility index (Phi) is 31.4. The first kappa shape index (κ1) is 78.4. The molecule has 0 aliphatic carbocycles. The van der Waals surface area contributed by atoms with Crippen LogP contribution in [-0.4, -0.2) is 250 Å². The second-order valence-electron chi connectivity index (χ2n) is 26.2. The van der Waals surface area contributed by atoms with Gasteiger partial charge in [0, 0.05) is 68.4 Å². The van der Waals surface area contributed by atoms with Gasteiger partial charge in [0.1, 0.15) is 60.4 Å². The first-order valence-electron chi connectivity index (χ1n) is 31.7. The Labute approximate surface area is 530 Å². The highest BCUT2D eigenvalue weighted by Crippen LogP contribution is 2.28. The Morgan fingerprint density at radius 3 is 1.69 bits per heavy atom. The molecule has 25 nitrogen and oxygen atoms in total. The summed E-state index contributed by atoms with van der Waals surface area (Å²) in [6.07, 6.45) is 2.45. The number of fused-ring (bicyclic) bond motifs is 3. The zero-order chi connectivity index (χ0) is 68.4. The lowest BCUT2D eigenvalue weighted by Crippen LogP contribution is -2.65. The normalized spacial score (nSPS) is 27.8. The van der Waals surface area contributed by atoms with Gasteiger partial charge in [-0.2, -0.15) is 5.26 Å². The van der Waals surface area contributed by atoms with Crippen LogP contribution in [0.25, 0.3) is 0 Å². The monoisotopic (exact) mass is 1250 g/mol. The van der Waals surface area contributed by atoms with Crippen molar-refractivity contribution in [2.24, 2.45) is 29.6 Å². The minimum absolute atomic E-state index is 0.0192. The third kappa shape index (κ3) is 20.4. The number of aliphatic hydroxyl groups is 1. The second kappa shape index (κ2) is 35.6. The van der Waals surface area contributed by atoms with E-state index in [1.165, 1.54) is 87.7 Å². The number of carbonyl (C=O) groups excluding carboxylic acids is 11. The number of allylic oxidation sites excluding steroid dienone is 2. The predicted octanol–water partition coefficient (Wildman–Crippen LogP) is 2.78. The van der Waals surface area contributed by atoms with Crippen LogP contribution in [0.3, 0.4) is 0 Å². The second-order valence-corrected chi connectivity index (χ2v) is 26.2. The molecule has 0 radical (unpaired) electrons. The van der Waals surface area contributed by atoms with E-state index in [1.807, 2.05) is 27.7 Å². The van der Waals surface area contributed by atoms with E-state index in [9.17, 15) is 43.5 Å². The lowest BCUT2D eigenvalue weighted by atomic mass is 9.91. The number of likely N-dealkylation sites (N-methyl/N-ethyl adjacent to an activating group) is 7. The number of rotatable bonds is 17. The Hall–Kier alpha value is -6.68. The standard InChI is InChI=1S/C64H110N12O13/c1-23-25-29-40(11)54(78)53-57(81)67-45(24-2)60(84)69(16)35-49(77)73(20)52(44(15)89-31-28-26-27-30-65)56(80)68-50(38(7)8)63(87)70(17)46(32-36(3)4)55(79)66-42(13)58(82)76-41(12)34-48(62(86)74(21)51(39(9)10)64(88)75(53)22)72(19)61(85)47(33-37(5)6)71(18)59(83)43(76)14/h23,25,36-48,50-54,78H,24,26-29,31-35H2,1-22H3,(H,66,79)(H,67,81)(H,68,80)/b25-23+/t40-,41?,42+,43-,44-,45+,46+,47+,48+,50+,51+,52+,53-,54-/m1/s1. The van der Waals surface area contributed by atoms with Gasteiger partial charge in [0.15, 0.2) is 0 Å². The van der Waals surface area contributed by atoms with Crippen molar-refractivity contribution in [3.63, 3.8) is 0 Å². The minimum Gasteiger partial charge on any atom is -0.390 e. The molecule has 1 unspecified atom stereocenters. The van der Waals surface area contributed by atoms with E-state index in [4.69, 9.17) is 10.00 Å². The van der Waals surface area contributed by atoms with Crippen molar-refractivity contribution in [1.82, 2.24) is 55.1 Å². The first-order valence-corrected chi connectivity index (χ1v) is 31.7. The van der Waals surface area contributed by atoms with E-state index >= 15 is 14.4 Å². The molecule has 2 bridgehead atoms. The average molecular weight is 1260 g/mol. The van der Waals surface area contributed by atoms with Crippen LogP contribution in [0.2, 0.25) is 0 Å². The van der Waals surface area contributed by atoms with E-state index in [0.29, 0.717) is 12.8 Å². The number of aliphatic hydroxyl groups excluding tert-OH is 1. The third-order valence-corrected chi connectivity index (χ3v) is 17.4. The van der Waals surface area contributed by atoms with Gasteiger partial charge >= 0.3 is 0 Å². The van der Waals surface area contributed by atoms with Crippen molar-refractivity contribution in [2.75, 3.05) is 62.5 Å². The number of hydrogen-bond acceptors (Lipinski definition) is 14. The molecule has 4 N–H and O–H groups in total. The van der Waals surface area contributed by atoms with Crippen LogP contribution in [-0.2, 0) is 57.5 Å². The van der Waals surface area contributed by atoms with E-state index in [1.54, 1.807) is 74.5 Å². The Morgan fingerprint density at radius 1 is 0.607 bits per heavy atom. The fourth-order valence-corrected chi connectivity index (χ4v) is 11.8. The summed E-state index contributed by atoms with van der Waals surface area (Å²) in [7, 11) is 9.69. The van der Waals surface area contributed by atoms with Crippen molar-refractivity contribution in [3.8, 4) is 6.07 Å². The smallest absolute Gasteiger partial charge is 0.246 e. The first-order chi connectivity index (χ1) is 41.4. The summed E-state index contributed by atoms with van der Waals surface area (Å²) in [5.74, 6) is -10.2. The maximum Gasteiger partial charge on any atom is 0.246 e. The highest BCUT2D eigenvalue weighted by Gasteiger charge is 2.48. The molecule has 25 heteroatoms. The summed E-state index contributed by atoms with van der Waals surface area (Å²) in [6, 6.07) is -12.4. The molecule has 2 saturated heterocycles. The Morgan fingerprint density at radius 2 is 1.16 bits per heavy atom. The zero-order valence-electron chi connectivity index (χ0n) is 57.5. The average Bonchev–Trinajstić information content (AvgIpc) is 1.07. The number of ether oxygens (including phenoxy) is 1. The lowest BCUT2D eigenvalue weighted by molar-refractivity contribution is -0.161. The van der Waals surface area contributed by atoms with Gasteiger partial charge < -0.3 is 65.0 Å². The molecule has 2 heterocycles. The van der Waals surface area contributed by atoms with Gasteiger partial charge in [-0.1, -0.05) is 81.4 Å². The highest BCUT2D eigenvalue weighted by atomic mass is 16.5. The molecular formula is C64H110N12O13. The maximum absolute atomic E-state index is 15.5. The summed E-state index contributed by atoms with van der Waals surface area (Å²) in [6.45, 7) is 24.9. The van der Waals surface area contributed by atoms with Gasteiger partial charge in [-0.3, -0.25) is 52.7 Å². The van der Waals surface area contributed by atoms with Crippen molar-refractivity contribution in [2.45, 2.75) is 234 Å². The number of nitrogens with zero attached hydrogens (tertiary/aromatic N) is 9. The summed E-state index contributed by atoms with van der Waals surface area (Å²) in [4.78, 5) is 174. The molecule has 0 aromatic heterocycles.